The van der Waals surface area contributed by atoms with Crippen molar-refractivity contribution >= 4 is 11.6 Å². The van der Waals surface area contributed by atoms with Crippen LogP contribution in [0.3, 0.4) is 0 Å². The fourth-order valence-electron chi connectivity index (χ4n) is 2.18. The van der Waals surface area contributed by atoms with E-state index in [0.29, 0.717) is 0 Å². The van der Waals surface area contributed by atoms with E-state index in [1.807, 2.05) is 13.0 Å². The smallest absolute Gasteiger partial charge is 0.223 e. The van der Waals surface area contributed by atoms with Crippen LogP contribution in [0.2, 0.25) is 0 Å². The second kappa shape index (κ2) is 4.35. The molecule has 0 unspecified atom stereocenters. The Morgan fingerprint density at radius 1 is 1.41 bits per heavy atom. The van der Waals surface area contributed by atoms with Crippen LogP contribution >= 0.6 is 0 Å². The maximum atomic E-state index is 13.1. The number of hydrogen-bond acceptors (Lipinski definition) is 2. The zero-order valence-electron chi connectivity index (χ0n) is 9.95. The molecule has 0 spiro atoms. The van der Waals surface area contributed by atoms with E-state index in [4.69, 9.17) is 5.73 Å². The molecule has 1 amide bonds. The first-order valence-electron chi connectivity index (χ1n) is 5.82. The van der Waals surface area contributed by atoms with Crippen LogP contribution in [0, 0.1) is 11.2 Å². The summed E-state index contributed by atoms with van der Waals surface area (Å²) in [6.45, 7) is 3.38. The third-order valence-corrected chi connectivity index (χ3v) is 3.64. The van der Waals surface area contributed by atoms with E-state index in [9.17, 15) is 9.18 Å². The largest absolute Gasteiger partial charge is 0.371 e. The fraction of sp³-hybridized carbons (Fsp3) is 0.462. The zero-order chi connectivity index (χ0) is 12.5. The van der Waals surface area contributed by atoms with Gasteiger partial charge in [0.05, 0.1) is 0 Å². The lowest BCUT2D eigenvalue weighted by molar-refractivity contribution is -0.127. The van der Waals surface area contributed by atoms with Crippen molar-refractivity contribution in [1.82, 2.24) is 0 Å². The Morgan fingerprint density at radius 2 is 2.06 bits per heavy atom. The maximum Gasteiger partial charge on any atom is 0.223 e. The predicted octanol–water partition coefficient (Wildman–Crippen LogP) is 1.92. The normalized spacial score (nSPS) is 19.1. The number of carbonyl (C=O) groups excluding carboxylic acids is 1. The van der Waals surface area contributed by atoms with E-state index in [-0.39, 0.29) is 11.7 Å². The Kier molecular flexibility index (Phi) is 3.05. The Balaban J connectivity index is 2.07. The van der Waals surface area contributed by atoms with Crippen LogP contribution in [0.15, 0.2) is 24.3 Å². The summed E-state index contributed by atoms with van der Waals surface area (Å²) < 4.78 is 13.1. The number of nitrogens with zero attached hydrogens (tertiary/aromatic N) is 1. The molecule has 2 N–H and O–H groups in total. The van der Waals surface area contributed by atoms with E-state index in [1.165, 1.54) is 12.1 Å². The van der Waals surface area contributed by atoms with Crippen LogP contribution in [0.5, 0.6) is 0 Å². The average Bonchev–Trinajstić information content (AvgIpc) is 2.30. The van der Waals surface area contributed by atoms with Gasteiger partial charge in [-0.25, -0.2) is 4.39 Å². The van der Waals surface area contributed by atoms with Gasteiger partial charge in [-0.3, -0.25) is 4.79 Å². The summed E-state index contributed by atoms with van der Waals surface area (Å²) in [6.07, 6.45) is 1.44. The minimum Gasteiger partial charge on any atom is -0.371 e. The summed E-state index contributed by atoms with van der Waals surface area (Å²) >= 11 is 0. The molecular formula is C13H17FN2O. The first-order chi connectivity index (χ1) is 8.01. The van der Waals surface area contributed by atoms with Crippen LogP contribution < -0.4 is 10.6 Å². The van der Waals surface area contributed by atoms with Gasteiger partial charge in [-0.2, -0.15) is 0 Å². The van der Waals surface area contributed by atoms with Crippen LogP contribution in [0.4, 0.5) is 10.1 Å². The lowest BCUT2D eigenvalue weighted by atomic mass is 9.79. The highest BCUT2D eigenvalue weighted by atomic mass is 19.1. The molecule has 1 aromatic rings. The standard InChI is InChI=1S/C13H17FN2O/c1-13(12(15)17)5-7-16(8-6-13)11-4-2-3-10(14)9-11/h2-4,9H,5-8H2,1H3,(H2,15,17). The third kappa shape index (κ3) is 2.40. The molecule has 4 heteroatoms. The van der Waals surface area contributed by atoms with Crippen molar-refractivity contribution in [3.8, 4) is 0 Å². The monoisotopic (exact) mass is 236 g/mol. The van der Waals surface area contributed by atoms with E-state index >= 15 is 0 Å². The van der Waals surface area contributed by atoms with Gasteiger partial charge in [0.15, 0.2) is 0 Å². The molecule has 1 saturated heterocycles. The van der Waals surface area contributed by atoms with Crippen molar-refractivity contribution in [2.45, 2.75) is 19.8 Å². The molecule has 0 aliphatic carbocycles. The van der Waals surface area contributed by atoms with Crippen molar-refractivity contribution < 1.29 is 9.18 Å². The second-order valence-corrected chi connectivity index (χ2v) is 4.89. The highest BCUT2D eigenvalue weighted by Gasteiger charge is 2.35. The first kappa shape index (κ1) is 11.9. The van der Waals surface area contributed by atoms with Gasteiger partial charge in [-0.1, -0.05) is 13.0 Å². The number of anilines is 1. The molecular weight excluding hydrogens is 219 g/mol. The number of amides is 1. The van der Waals surface area contributed by atoms with Crippen molar-refractivity contribution in [3.63, 3.8) is 0 Å². The number of piperidine rings is 1. The number of hydrogen-bond donors (Lipinski definition) is 1. The van der Waals surface area contributed by atoms with Gasteiger partial charge < -0.3 is 10.6 Å². The van der Waals surface area contributed by atoms with E-state index in [1.54, 1.807) is 6.07 Å². The highest BCUT2D eigenvalue weighted by molar-refractivity contribution is 5.80. The molecule has 0 bridgehead atoms. The van der Waals surface area contributed by atoms with E-state index in [2.05, 4.69) is 4.90 Å². The summed E-state index contributed by atoms with van der Waals surface area (Å²) in [5.74, 6) is -0.470. The number of nitrogens with two attached hydrogens (primary N) is 1. The molecule has 0 atom stereocenters. The quantitative estimate of drug-likeness (QED) is 0.852. The first-order valence-corrected chi connectivity index (χ1v) is 5.82. The number of rotatable bonds is 2. The molecule has 1 aliphatic rings. The van der Waals surface area contributed by atoms with Crippen LogP contribution in [-0.2, 0) is 4.79 Å². The van der Waals surface area contributed by atoms with Crippen molar-refractivity contribution in [3.05, 3.63) is 30.1 Å². The van der Waals surface area contributed by atoms with Crippen molar-refractivity contribution in [1.29, 1.82) is 0 Å². The molecule has 92 valence electrons. The maximum absolute atomic E-state index is 13.1. The number of primary amides is 1. The molecule has 1 heterocycles. The van der Waals surface area contributed by atoms with Gasteiger partial charge in [0.1, 0.15) is 5.82 Å². The lowest BCUT2D eigenvalue weighted by Gasteiger charge is -2.38. The van der Waals surface area contributed by atoms with Gasteiger partial charge in [-0.05, 0) is 31.0 Å². The Hall–Kier alpha value is -1.58. The SMILES string of the molecule is CC1(C(N)=O)CCN(c2cccc(F)c2)CC1. The lowest BCUT2D eigenvalue weighted by Crippen LogP contribution is -2.45. The van der Waals surface area contributed by atoms with Gasteiger partial charge in [-0.15, -0.1) is 0 Å². The minimum absolute atomic E-state index is 0.231. The van der Waals surface area contributed by atoms with Gasteiger partial charge >= 0.3 is 0 Å². The molecule has 17 heavy (non-hydrogen) atoms. The molecule has 3 nitrogen and oxygen atoms in total. The van der Waals surface area contributed by atoms with Gasteiger partial charge in [0.25, 0.3) is 0 Å². The van der Waals surface area contributed by atoms with E-state index in [0.717, 1.165) is 31.6 Å². The average molecular weight is 236 g/mol. The molecule has 0 aromatic heterocycles. The number of halogens is 1. The molecule has 0 radical (unpaired) electrons. The molecule has 1 fully saturated rings. The van der Waals surface area contributed by atoms with Crippen molar-refractivity contribution in [2.24, 2.45) is 11.1 Å². The Bertz CT molecular complexity index is 425. The topological polar surface area (TPSA) is 46.3 Å². The summed E-state index contributed by atoms with van der Waals surface area (Å²) in [6, 6.07) is 6.54. The molecule has 1 aromatic carbocycles. The number of benzene rings is 1. The minimum atomic E-state index is -0.413. The van der Waals surface area contributed by atoms with Gasteiger partial charge in [0.2, 0.25) is 5.91 Å². The zero-order valence-corrected chi connectivity index (χ0v) is 9.95. The number of carbonyl (C=O) groups is 1. The predicted molar refractivity (Wildman–Crippen MR) is 65.1 cm³/mol. The summed E-state index contributed by atoms with van der Waals surface area (Å²) in [5.41, 5.74) is 5.85. The van der Waals surface area contributed by atoms with E-state index < -0.39 is 5.41 Å². The Labute approximate surface area is 100 Å². The molecule has 1 aliphatic heterocycles. The fourth-order valence-corrected chi connectivity index (χ4v) is 2.18. The van der Waals surface area contributed by atoms with Crippen molar-refractivity contribution in [2.75, 3.05) is 18.0 Å². The summed E-state index contributed by atoms with van der Waals surface area (Å²) in [7, 11) is 0. The van der Waals surface area contributed by atoms with Crippen LogP contribution in [-0.4, -0.2) is 19.0 Å². The van der Waals surface area contributed by atoms with Gasteiger partial charge in [0, 0.05) is 24.2 Å². The summed E-state index contributed by atoms with van der Waals surface area (Å²) in [5, 5.41) is 0. The molecule has 0 saturated carbocycles. The van der Waals surface area contributed by atoms with Crippen LogP contribution in [0.25, 0.3) is 0 Å². The summed E-state index contributed by atoms with van der Waals surface area (Å²) in [4.78, 5) is 13.4. The molecule has 2 rings (SSSR count). The third-order valence-electron chi connectivity index (χ3n) is 3.64. The highest BCUT2D eigenvalue weighted by Crippen LogP contribution is 2.32. The Morgan fingerprint density at radius 3 is 2.59 bits per heavy atom. The second-order valence-electron chi connectivity index (χ2n) is 4.89. The van der Waals surface area contributed by atoms with Crippen LogP contribution in [0.1, 0.15) is 19.8 Å².